The number of ether oxygens (including phenoxy) is 1. The van der Waals surface area contributed by atoms with Crippen molar-refractivity contribution in [1.29, 1.82) is 0 Å². The van der Waals surface area contributed by atoms with Gasteiger partial charge in [0.2, 0.25) is 5.91 Å². The Morgan fingerprint density at radius 2 is 1.88 bits per heavy atom. The molecular weight excluding hydrogens is 334 g/mol. The summed E-state index contributed by atoms with van der Waals surface area (Å²) in [6, 6.07) is 3.59. The Morgan fingerprint density at radius 1 is 1.12 bits per heavy atom. The van der Waals surface area contributed by atoms with Gasteiger partial charge < -0.3 is 20.5 Å². The number of amides is 1. The van der Waals surface area contributed by atoms with Gasteiger partial charge in [0.1, 0.15) is 5.60 Å². The van der Waals surface area contributed by atoms with E-state index in [4.69, 9.17) is 4.74 Å². The zero-order chi connectivity index (χ0) is 18.6. The molecule has 2 aliphatic heterocycles. The number of anilines is 2. The summed E-state index contributed by atoms with van der Waals surface area (Å²) < 4.78 is 4.94. The quantitative estimate of drug-likeness (QED) is 0.753. The van der Waals surface area contributed by atoms with Crippen LogP contribution in [0.1, 0.15) is 32.4 Å². The summed E-state index contributed by atoms with van der Waals surface area (Å²) in [5.41, 5.74) is 1.04. The fraction of sp³-hybridized carbons (Fsp3) is 0.444. The van der Waals surface area contributed by atoms with Crippen LogP contribution in [0.15, 0.2) is 24.5 Å². The Bertz CT molecular complexity index is 760. The monoisotopic (exact) mass is 357 g/mol. The van der Waals surface area contributed by atoms with Crippen molar-refractivity contribution in [3.63, 3.8) is 0 Å². The minimum Gasteiger partial charge on any atom is -0.384 e. The van der Waals surface area contributed by atoms with Crippen molar-refractivity contribution in [2.45, 2.75) is 32.3 Å². The number of fused-ring (bicyclic) bond motifs is 1. The topological polar surface area (TPSA) is 109 Å². The second kappa shape index (κ2) is 7.76. The SMILES string of the molecule is C1CCOC1.CC(C)(O)c1ccc(-c2cnc3c(n2)NCC(=O)N3)cn1. The van der Waals surface area contributed by atoms with Crippen LogP contribution in [-0.2, 0) is 15.1 Å². The largest absolute Gasteiger partial charge is 0.384 e. The molecule has 1 amide bonds. The molecule has 0 atom stereocenters. The molecule has 0 saturated carbocycles. The van der Waals surface area contributed by atoms with Crippen LogP contribution in [0.25, 0.3) is 11.3 Å². The van der Waals surface area contributed by atoms with Crippen molar-refractivity contribution in [1.82, 2.24) is 15.0 Å². The van der Waals surface area contributed by atoms with E-state index in [-0.39, 0.29) is 12.5 Å². The molecule has 3 N–H and O–H groups in total. The van der Waals surface area contributed by atoms with Crippen molar-refractivity contribution >= 4 is 17.5 Å². The summed E-state index contributed by atoms with van der Waals surface area (Å²) >= 11 is 0. The van der Waals surface area contributed by atoms with Crippen molar-refractivity contribution in [2.75, 3.05) is 30.4 Å². The Labute approximate surface area is 152 Å². The maximum absolute atomic E-state index is 11.2. The molecule has 138 valence electrons. The summed E-state index contributed by atoms with van der Waals surface area (Å²) in [7, 11) is 0. The van der Waals surface area contributed by atoms with Gasteiger partial charge in [-0.2, -0.15) is 0 Å². The Kier molecular flexibility index (Phi) is 5.43. The van der Waals surface area contributed by atoms with Crippen molar-refractivity contribution in [3.05, 3.63) is 30.2 Å². The summed E-state index contributed by atoms with van der Waals surface area (Å²) in [6.07, 6.45) is 5.78. The van der Waals surface area contributed by atoms with Gasteiger partial charge in [-0.3, -0.25) is 9.78 Å². The molecule has 8 nitrogen and oxygen atoms in total. The highest BCUT2D eigenvalue weighted by molar-refractivity contribution is 5.98. The number of nitrogens with one attached hydrogen (secondary N) is 2. The Hall–Kier alpha value is -2.58. The standard InChI is InChI=1S/C14H15N5O2.C4H8O/c1-14(2,21)10-4-3-8(5-15-10)9-6-16-13-12(18-9)17-7-11(20)19-13;1-2-4-5-3-1/h3-6,21H,7H2,1-2H3,(H,17,18)(H,16,19,20);1-4H2. The van der Waals surface area contributed by atoms with Crippen LogP contribution in [0.2, 0.25) is 0 Å². The van der Waals surface area contributed by atoms with Gasteiger partial charge in [0.15, 0.2) is 11.6 Å². The number of nitrogens with zero attached hydrogens (tertiary/aromatic N) is 3. The first-order valence-electron chi connectivity index (χ1n) is 8.61. The highest BCUT2D eigenvalue weighted by atomic mass is 16.5. The van der Waals surface area contributed by atoms with E-state index in [2.05, 4.69) is 25.6 Å². The number of aliphatic hydroxyl groups is 1. The smallest absolute Gasteiger partial charge is 0.244 e. The molecule has 0 spiro atoms. The third-order valence-electron chi connectivity index (χ3n) is 3.96. The molecule has 2 aromatic rings. The molecule has 0 radical (unpaired) electrons. The third kappa shape index (κ3) is 4.53. The van der Waals surface area contributed by atoms with Crippen LogP contribution in [0, 0.1) is 0 Å². The lowest BCUT2D eigenvalue weighted by Crippen LogP contribution is -2.28. The van der Waals surface area contributed by atoms with E-state index >= 15 is 0 Å². The van der Waals surface area contributed by atoms with E-state index in [0.717, 1.165) is 18.8 Å². The van der Waals surface area contributed by atoms with Gasteiger partial charge in [0.05, 0.1) is 24.1 Å². The van der Waals surface area contributed by atoms with Crippen molar-refractivity contribution in [2.24, 2.45) is 0 Å². The first-order valence-corrected chi connectivity index (χ1v) is 8.61. The molecule has 1 fully saturated rings. The molecule has 2 aromatic heterocycles. The number of carbonyl (C=O) groups is 1. The van der Waals surface area contributed by atoms with Gasteiger partial charge in [0.25, 0.3) is 0 Å². The first-order chi connectivity index (χ1) is 12.4. The number of rotatable bonds is 2. The number of carbonyl (C=O) groups excluding carboxylic acids is 1. The highest BCUT2D eigenvalue weighted by Crippen LogP contribution is 2.25. The highest BCUT2D eigenvalue weighted by Gasteiger charge is 2.19. The fourth-order valence-corrected chi connectivity index (χ4v) is 2.50. The van der Waals surface area contributed by atoms with Gasteiger partial charge in [-0.15, -0.1) is 0 Å². The van der Waals surface area contributed by atoms with Crippen molar-refractivity contribution in [3.8, 4) is 11.3 Å². The van der Waals surface area contributed by atoms with E-state index in [1.807, 2.05) is 6.07 Å². The molecule has 1 saturated heterocycles. The lowest BCUT2D eigenvalue weighted by atomic mass is 10.0. The average molecular weight is 357 g/mol. The van der Waals surface area contributed by atoms with Gasteiger partial charge in [0, 0.05) is 25.0 Å². The minimum absolute atomic E-state index is 0.138. The molecule has 0 aliphatic carbocycles. The fourth-order valence-electron chi connectivity index (χ4n) is 2.50. The van der Waals surface area contributed by atoms with E-state index < -0.39 is 5.60 Å². The summed E-state index contributed by atoms with van der Waals surface area (Å²) in [5, 5.41) is 15.4. The Balaban J connectivity index is 0.000000339. The predicted molar refractivity (Wildman–Crippen MR) is 97.7 cm³/mol. The molecule has 8 heteroatoms. The van der Waals surface area contributed by atoms with Gasteiger partial charge in [-0.1, -0.05) is 0 Å². The maximum atomic E-state index is 11.2. The van der Waals surface area contributed by atoms with Crippen LogP contribution in [0.5, 0.6) is 0 Å². The summed E-state index contributed by atoms with van der Waals surface area (Å²) in [6.45, 7) is 5.54. The number of pyridine rings is 1. The lowest BCUT2D eigenvalue weighted by Gasteiger charge is -2.18. The van der Waals surface area contributed by atoms with E-state index in [1.54, 1.807) is 32.3 Å². The molecule has 0 aromatic carbocycles. The molecular formula is C18H23N5O3. The average Bonchev–Trinajstić information content (AvgIpc) is 3.20. The van der Waals surface area contributed by atoms with E-state index in [0.29, 0.717) is 23.0 Å². The van der Waals surface area contributed by atoms with Crippen LogP contribution in [-0.4, -0.2) is 45.7 Å². The Morgan fingerprint density at radius 3 is 2.46 bits per heavy atom. The molecule has 4 rings (SSSR count). The summed E-state index contributed by atoms with van der Waals surface area (Å²) in [4.78, 5) is 24.1. The van der Waals surface area contributed by atoms with Crippen LogP contribution < -0.4 is 10.6 Å². The zero-order valence-corrected chi connectivity index (χ0v) is 15.0. The van der Waals surface area contributed by atoms with Gasteiger partial charge >= 0.3 is 0 Å². The maximum Gasteiger partial charge on any atom is 0.244 e. The van der Waals surface area contributed by atoms with Crippen LogP contribution in [0.4, 0.5) is 11.6 Å². The van der Waals surface area contributed by atoms with Gasteiger partial charge in [-0.05, 0) is 38.8 Å². The number of aromatic nitrogens is 3. The summed E-state index contributed by atoms with van der Waals surface area (Å²) in [5.74, 6) is 0.829. The van der Waals surface area contributed by atoms with Crippen LogP contribution in [0.3, 0.4) is 0 Å². The first kappa shape index (κ1) is 18.2. The zero-order valence-electron chi connectivity index (χ0n) is 15.0. The van der Waals surface area contributed by atoms with E-state index in [1.165, 1.54) is 12.8 Å². The second-order valence-corrected chi connectivity index (χ2v) is 6.66. The normalized spacial score (nSPS) is 16.0. The molecule has 26 heavy (non-hydrogen) atoms. The number of hydrogen-bond acceptors (Lipinski definition) is 7. The third-order valence-corrected chi connectivity index (χ3v) is 3.96. The minimum atomic E-state index is -0.980. The molecule has 2 aliphatic rings. The van der Waals surface area contributed by atoms with E-state index in [9.17, 15) is 9.90 Å². The second-order valence-electron chi connectivity index (χ2n) is 6.66. The molecule has 0 bridgehead atoms. The number of hydrogen-bond donors (Lipinski definition) is 3. The van der Waals surface area contributed by atoms with Crippen LogP contribution >= 0.6 is 0 Å². The molecule has 4 heterocycles. The van der Waals surface area contributed by atoms with Crippen molar-refractivity contribution < 1.29 is 14.6 Å². The van der Waals surface area contributed by atoms with Gasteiger partial charge in [-0.25, -0.2) is 9.97 Å². The molecule has 0 unspecified atom stereocenters. The predicted octanol–water partition coefficient (Wildman–Crippen LogP) is 1.93. The lowest BCUT2D eigenvalue weighted by molar-refractivity contribution is -0.114.